The van der Waals surface area contributed by atoms with Crippen LogP contribution in [-0.2, 0) is 19.9 Å². The Bertz CT molecular complexity index is 1050. The standard InChI is InChI=1S/C19H17BrN2O2S2/c1-22-18(24)16-13-4-2-3-5-15(13)26-17(16)21-19(22)25-10-14(23)11-6-8-12(20)9-7-11/h6-9H,2-5,10H2,1H3. The Labute approximate surface area is 167 Å². The summed E-state index contributed by atoms with van der Waals surface area (Å²) in [5.41, 5.74) is 1.87. The fraction of sp³-hybridized carbons (Fsp3) is 0.316. The Morgan fingerprint density at radius 1 is 1.27 bits per heavy atom. The van der Waals surface area contributed by atoms with E-state index in [1.54, 1.807) is 35.1 Å². The molecule has 0 N–H and O–H groups in total. The summed E-state index contributed by atoms with van der Waals surface area (Å²) in [5.74, 6) is 0.292. The highest BCUT2D eigenvalue weighted by Gasteiger charge is 2.21. The van der Waals surface area contributed by atoms with Crippen LogP contribution in [0.5, 0.6) is 0 Å². The molecular weight excluding hydrogens is 432 g/mol. The zero-order chi connectivity index (χ0) is 18.3. The zero-order valence-electron chi connectivity index (χ0n) is 14.3. The van der Waals surface area contributed by atoms with Gasteiger partial charge < -0.3 is 0 Å². The van der Waals surface area contributed by atoms with Gasteiger partial charge in [-0.3, -0.25) is 14.2 Å². The second-order valence-electron chi connectivity index (χ2n) is 6.37. The molecule has 4 nitrogen and oxygen atoms in total. The van der Waals surface area contributed by atoms with Crippen molar-refractivity contribution >= 4 is 55.0 Å². The summed E-state index contributed by atoms with van der Waals surface area (Å²) in [6.45, 7) is 0. The van der Waals surface area contributed by atoms with Crippen LogP contribution in [0.25, 0.3) is 10.2 Å². The molecule has 2 aromatic heterocycles. The molecule has 0 amide bonds. The molecule has 3 aromatic rings. The fourth-order valence-corrected chi connectivity index (χ4v) is 5.68. The van der Waals surface area contributed by atoms with Gasteiger partial charge in [0, 0.05) is 22.0 Å². The number of thioether (sulfide) groups is 1. The molecule has 0 unspecified atom stereocenters. The monoisotopic (exact) mass is 448 g/mol. The number of benzene rings is 1. The van der Waals surface area contributed by atoms with E-state index in [9.17, 15) is 9.59 Å². The van der Waals surface area contributed by atoms with Gasteiger partial charge in [0.2, 0.25) is 0 Å². The molecule has 0 saturated heterocycles. The smallest absolute Gasteiger partial charge is 0.262 e. The van der Waals surface area contributed by atoms with E-state index < -0.39 is 0 Å². The third kappa shape index (κ3) is 3.28. The second-order valence-corrected chi connectivity index (χ2v) is 9.31. The molecule has 7 heteroatoms. The van der Waals surface area contributed by atoms with E-state index >= 15 is 0 Å². The van der Waals surface area contributed by atoms with Gasteiger partial charge in [-0.2, -0.15) is 0 Å². The number of ketones is 1. The number of rotatable bonds is 4. The Kier molecular flexibility index (Phi) is 5.03. The van der Waals surface area contributed by atoms with E-state index in [1.807, 2.05) is 12.1 Å². The van der Waals surface area contributed by atoms with Crippen LogP contribution >= 0.6 is 39.0 Å². The van der Waals surface area contributed by atoms with Crippen molar-refractivity contribution in [3.8, 4) is 0 Å². The largest absolute Gasteiger partial charge is 0.293 e. The van der Waals surface area contributed by atoms with Gasteiger partial charge in [0.1, 0.15) is 4.83 Å². The second kappa shape index (κ2) is 7.29. The predicted octanol–water partition coefficient (Wildman–Crippen LogP) is 4.61. The fourth-order valence-electron chi connectivity index (χ4n) is 3.25. The van der Waals surface area contributed by atoms with Gasteiger partial charge in [-0.05, 0) is 43.4 Å². The number of thiophene rings is 1. The van der Waals surface area contributed by atoms with Crippen LogP contribution in [0.3, 0.4) is 0 Å². The van der Waals surface area contributed by atoms with Crippen molar-refractivity contribution < 1.29 is 4.79 Å². The van der Waals surface area contributed by atoms with Crippen molar-refractivity contribution in [2.24, 2.45) is 7.05 Å². The van der Waals surface area contributed by atoms with Gasteiger partial charge in [0.05, 0.1) is 11.1 Å². The molecule has 1 aliphatic rings. The molecule has 0 aliphatic heterocycles. The Morgan fingerprint density at radius 3 is 2.77 bits per heavy atom. The van der Waals surface area contributed by atoms with Crippen LogP contribution in [0.15, 0.2) is 38.7 Å². The maximum Gasteiger partial charge on any atom is 0.262 e. The molecule has 134 valence electrons. The van der Waals surface area contributed by atoms with Crippen LogP contribution in [0.4, 0.5) is 0 Å². The van der Waals surface area contributed by atoms with E-state index in [-0.39, 0.29) is 17.1 Å². The summed E-state index contributed by atoms with van der Waals surface area (Å²) in [6.07, 6.45) is 4.34. The van der Waals surface area contributed by atoms with Crippen molar-refractivity contribution in [1.29, 1.82) is 0 Å². The molecule has 0 fully saturated rings. The summed E-state index contributed by atoms with van der Waals surface area (Å²) >= 11 is 6.34. The van der Waals surface area contributed by atoms with Crippen molar-refractivity contribution in [2.45, 2.75) is 30.8 Å². The first-order valence-corrected chi connectivity index (χ1v) is 11.1. The van der Waals surface area contributed by atoms with E-state index in [0.717, 1.165) is 34.0 Å². The summed E-state index contributed by atoms with van der Waals surface area (Å²) in [6, 6.07) is 7.31. The minimum atomic E-state index is 0.00740. The van der Waals surface area contributed by atoms with Crippen molar-refractivity contribution in [3.63, 3.8) is 0 Å². The normalized spacial score (nSPS) is 13.8. The highest BCUT2D eigenvalue weighted by Crippen LogP contribution is 2.34. The summed E-state index contributed by atoms with van der Waals surface area (Å²) in [4.78, 5) is 32.1. The Balaban J connectivity index is 1.62. The SMILES string of the molecule is Cn1c(SCC(=O)c2ccc(Br)cc2)nc2sc3c(c2c1=O)CCCC3. The number of fused-ring (bicyclic) bond motifs is 3. The van der Waals surface area contributed by atoms with Crippen molar-refractivity contribution in [2.75, 3.05) is 5.75 Å². The number of Topliss-reactive ketones (excluding diaryl/α,β-unsaturated/α-hetero) is 1. The molecule has 0 atom stereocenters. The highest BCUT2D eigenvalue weighted by atomic mass is 79.9. The van der Waals surface area contributed by atoms with E-state index in [0.29, 0.717) is 10.7 Å². The minimum Gasteiger partial charge on any atom is -0.293 e. The number of carbonyl (C=O) groups is 1. The molecule has 1 aliphatic carbocycles. The first-order chi connectivity index (χ1) is 12.5. The quantitative estimate of drug-likeness (QED) is 0.332. The van der Waals surface area contributed by atoms with Gasteiger partial charge in [-0.15, -0.1) is 11.3 Å². The molecule has 0 saturated carbocycles. The third-order valence-corrected chi connectivity index (χ3v) is 7.40. The lowest BCUT2D eigenvalue weighted by Gasteiger charge is -2.10. The number of halogens is 1. The average Bonchev–Trinajstić information content (AvgIpc) is 3.02. The van der Waals surface area contributed by atoms with Gasteiger partial charge >= 0.3 is 0 Å². The van der Waals surface area contributed by atoms with E-state index in [1.165, 1.54) is 28.6 Å². The number of aryl methyl sites for hydroxylation is 2. The predicted molar refractivity (Wildman–Crippen MR) is 111 cm³/mol. The molecule has 0 spiro atoms. The van der Waals surface area contributed by atoms with Crippen LogP contribution < -0.4 is 5.56 Å². The van der Waals surface area contributed by atoms with Gasteiger partial charge in [0.25, 0.3) is 5.56 Å². The number of nitrogens with zero attached hydrogens (tertiary/aromatic N) is 2. The molecule has 2 heterocycles. The molecule has 1 aromatic carbocycles. The zero-order valence-corrected chi connectivity index (χ0v) is 17.5. The lowest BCUT2D eigenvalue weighted by atomic mass is 9.97. The highest BCUT2D eigenvalue weighted by molar-refractivity contribution is 9.10. The first kappa shape index (κ1) is 17.9. The first-order valence-electron chi connectivity index (χ1n) is 8.47. The summed E-state index contributed by atoms with van der Waals surface area (Å²) in [5, 5.41) is 1.39. The van der Waals surface area contributed by atoms with Crippen LogP contribution in [-0.4, -0.2) is 21.1 Å². The maximum absolute atomic E-state index is 12.9. The van der Waals surface area contributed by atoms with Crippen LogP contribution in [0, 0.1) is 0 Å². The Hall–Kier alpha value is -1.44. The van der Waals surface area contributed by atoms with E-state index in [2.05, 4.69) is 15.9 Å². The number of carbonyl (C=O) groups excluding carboxylic acids is 1. The summed E-state index contributed by atoms with van der Waals surface area (Å²) in [7, 11) is 1.74. The average molecular weight is 449 g/mol. The topological polar surface area (TPSA) is 52.0 Å². The molecular formula is C19H17BrN2O2S2. The number of hydrogen-bond acceptors (Lipinski definition) is 5. The lowest BCUT2D eigenvalue weighted by molar-refractivity contribution is 0.102. The van der Waals surface area contributed by atoms with Gasteiger partial charge in [0.15, 0.2) is 10.9 Å². The van der Waals surface area contributed by atoms with Gasteiger partial charge in [-0.1, -0.05) is 39.8 Å². The van der Waals surface area contributed by atoms with E-state index in [4.69, 9.17) is 4.98 Å². The Morgan fingerprint density at radius 2 is 2.00 bits per heavy atom. The van der Waals surface area contributed by atoms with Crippen molar-refractivity contribution in [3.05, 3.63) is 55.1 Å². The van der Waals surface area contributed by atoms with Gasteiger partial charge in [-0.25, -0.2) is 4.98 Å². The maximum atomic E-state index is 12.9. The number of aromatic nitrogens is 2. The molecule has 0 bridgehead atoms. The molecule has 26 heavy (non-hydrogen) atoms. The minimum absolute atomic E-state index is 0.00740. The van der Waals surface area contributed by atoms with Crippen molar-refractivity contribution in [1.82, 2.24) is 9.55 Å². The molecule has 4 rings (SSSR count). The molecule has 0 radical (unpaired) electrons. The third-order valence-electron chi connectivity index (χ3n) is 4.65. The summed E-state index contributed by atoms with van der Waals surface area (Å²) < 4.78 is 2.53. The lowest BCUT2D eigenvalue weighted by Crippen LogP contribution is -2.21. The number of hydrogen-bond donors (Lipinski definition) is 0. The van der Waals surface area contributed by atoms with Crippen LogP contribution in [0.1, 0.15) is 33.6 Å². The van der Waals surface area contributed by atoms with Crippen LogP contribution in [0.2, 0.25) is 0 Å².